The Bertz CT molecular complexity index is 214. The van der Waals surface area contributed by atoms with Gasteiger partial charge in [-0.1, -0.05) is 26.2 Å². The Morgan fingerprint density at radius 3 is 2.84 bits per heavy atom. The van der Waals surface area contributed by atoms with Crippen molar-refractivity contribution in [1.29, 1.82) is 0 Å². The number of unbranched alkanes of at least 4 members (excludes halogenated alkanes) is 3. The maximum atomic E-state index is 9.84. The van der Waals surface area contributed by atoms with E-state index in [-0.39, 0.29) is 0 Å². The molecule has 0 aromatic rings. The SMILES string of the molecule is CCCCCCOCC(O)CNC1CCCC1OC. The smallest absolute Gasteiger partial charge is 0.0897 e. The summed E-state index contributed by atoms with van der Waals surface area (Å²) in [5.74, 6) is 0. The lowest BCUT2D eigenvalue weighted by Gasteiger charge is -2.21. The fourth-order valence-corrected chi connectivity index (χ4v) is 2.64. The van der Waals surface area contributed by atoms with Gasteiger partial charge in [-0.25, -0.2) is 0 Å². The third-order valence-electron chi connectivity index (χ3n) is 3.82. The average Bonchev–Trinajstić information content (AvgIpc) is 2.88. The highest BCUT2D eigenvalue weighted by atomic mass is 16.5. The van der Waals surface area contributed by atoms with Crippen LogP contribution in [0.1, 0.15) is 51.9 Å². The first-order valence-electron chi connectivity index (χ1n) is 7.80. The second-order valence-electron chi connectivity index (χ2n) is 5.51. The second-order valence-corrected chi connectivity index (χ2v) is 5.51. The van der Waals surface area contributed by atoms with E-state index >= 15 is 0 Å². The van der Waals surface area contributed by atoms with E-state index in [0.717, 1.165) is 25.9 Å². The van der Waals surface area contributed by atoms with Gasteiger partial charge in [-0.05, 0) is 25.7 Å². The van der Waals surface area contributed by atoms with Crippen molar-refractivity contribution in [1.82, 2.24) is 5.32 Å². The van der Waals surface area contributed by atoms with Crippen LogP contribution in [-0.4, -0.2) is 50.2 Å². The van der Waals surface area contributed by atoms with Crippen molar-refractivity contribution in [3.8, 4) is 0 Å². The number of aliphatic hydroxyl groups excluding tert-OH is 1. The monoisotopic (exact) mass is 273 g/mol. The second kappa shape index (κ2) is 10.6. The predicted octanol–water partition coefficient (Wildman–Crippen LogP) is 2.10. The quantitative estimate of drug-likeness (QED) is 0.566. The number of rotatable bonds is 11. The molecule has 1 aliphatic carbocycles. The van der Waals surface area contributed by atoms with Crippen LogP contribution in [0.5, 0.6) is 0 Å². The third-order valence-corrected chi connectivity index (χ3v) is 3.82. The molecule has 3 atom stereocenters. The Morgan fingerprint density at radius 2 is 2.11 bits per heavy atom. The summed E-state index contributed by atoms with van der Waals surface area (Å²) in [6.07, 6.45) is 8.21. The van der Waals surface area contributed by atoms with E-state index in [0.29, 0.717) is 25.3 Å². The van der Waals surface area contributed by atoms with Gasteiger partial charge in [0.2, 0.25) is 0 Å². The Morgan fingerprint density at radius 1 is 1.26 bits per heavy atom. The van der Waals surface area contributed by atoms with E-state index in [2.05, 4.69) is 12.2 Å². The van der Waals surface area contributed by atoms with Gasteiger partial charge in [0.15, 0.2) is 0 Å². The van der Waals surface area contributed by atoms with Crippen LogP contribution < -0.4 is 5.32 Å². The maximum absolute atomic E-state index is 9.84. The van der Waals surface area contributed by atoms with Crippen molar-refractivity contribution in [2.75, 3.05) is 26.9 Å². The summed E-state index contributed by atoms with van der Waals surface area (Å²) in [5.41, 5.74) is 0. The van der Waals surface area contributed by atoms with Gasteiger partial charge in [0.25, 0.3) is 0 Å². The molecule has 114 valence electrons. The molecule has 0 radical (unpaired) electrons. The summed E-state index contributed by atoms with van der Waals surface area (Å²) in [5, 5.41) is 13.2. The molecule has 1 fully saturated rings. The van der Waals surface area contributed by atoms with Gasteiger partial charge in [-0.2, -0.15) is 0 Å². The van der Waals surface area contributed by atoms with Crippen molar-refractivity contribution in [2.24, 2.45) is 0 Å². The molecule has 4 nitrogen and oxygen atoms in total. The molecular formula is C15H31NO3. The number of nitrogens with one attached hydrogen (secondary N) is 1. The topological polar surface area (TPSA) is 50.7 Å². The van der Waals surface area contributed by atoms with Crippen LogP contribution in [0.2, 0.25) is 0 Å². The number of ether oxygens (including phenoxy) is 2. The zero-order valence-electron chi connectivity index (χ0n) is 12.6. The van der Waals surface area contributed by atoms with E-state index < -0.39 is 6.10 Å². The van der Waals surface area contributed by atoms with Crippen LogP contribution in [0.4, 0.5) is 0 Å². The minimum absolute atomic E-state index is 0.308. The standard InChI is InChI=1S/C15H31NO3/c1-3-4-5-6-10-19-12-13(17)11-16-14-8-7-9-15(14)18-2/h13-17H,3-12H2,1-2H3. The molecule has 0 bridgehead atoms. The van der Waals surface area contributed by atoms with Gasteiger partial charge in [-0.15, -0.1) is 0 Å². The highest BCUT2D eigenvalue weighted by Crippen LogP contribution is 2.21. The Hall–Kier alpha value is -0.160. The van der Waals surface area contributed by atoms with Crippen molar-refractivity contribution in [2.45, 2.75) is 70.1 Å². The summed E-state index contributed by atoms with van der Waals surface area (Å²) >= 11 is 0. The van der Waals surface area contributed by atoms with Gasteiger partial charge in [0.05, 0.1) is 18.8 Å². The molecule has 19 heavy (non-hydrogen) atoms. The summed E-state index contributed by atoms with van der Waals surface area (Å²) < 4.78 is 10.9. The van der Waals surface area contributed by atoms with Crippen molar-refractivity contribution < 1.29 is 14.6 Å². The van der Waals surface area contributed by atoms with Crippen LogP contribution >= 0.6 is 0 Å². The van der Waals surface area contributed by atoms with Crippen LogP contribution in [0.25, 0.3) is 0 Å². The van der Waals surface area contributed by atoms with Crippen molar-refractivity contribution in [3.63, 3.8) is 0 Å². The predicted molar refractivity (Wildman–Crippen MR) is 77.4 cm³/mol. The largest absolute Gasteiger partial charge is 0.389 e. The molecule has 0 heterocycles. The first-order chi connectivity index (χ1) is 9.27. The molecule has 0 aromatic heterocycles. The molecule has 3 unspecified atom stereocenters. The lowest BCUT2D eigenvalue weighted by atomic mass is 10.2. The number of methoxy groups -OCH3 is 1. The van der Waals surface area contributed by atoms with E-state index in [1.807, 2.05) is 0 Å². The summed E-state index contributed by atoms with van der Waals surface area (Å²) in [6.45, 7) is 4.00. The van der Waals surface area contributed by atoms with Crippen LogP contribution in [0, 0.1) is 0 Å². The molecule has 1 aliphatic rings. The molecule has 0 saturated heterocycles. The fourth-order valence-electron chi connectivity index (χ4n) is 2.64. The summed E-state index contributed by atoms with van der Waals surface area (Å²) in [4.78, 5) is 0. The highest BCUT2D eigenvalue weighted by Gasteiger charge is 2.26. The normalized spacial score (nSPS) is 24.8. The average molecular weight is 273 g/mol. The van der Waals surface area contributed by atoms with Gasteiger partial charge in [-0.3, -0.25) is 0 Å². The number of aliphatic hydroxyl groups is 1. The van der Waals surface area contributed by atoms with Gasteiger partial charge >= 0.3 is 0 Å². The highest BCUT2D eigenvalue weighted by molar-refractivity contribution is 4.84. The van der Waals surface area contributed by atoms with Crippen LogP contribution in [0.3, 0.4) is 0 Å². The zero-order valence-corrected chi connectivity index (χ0v) is 12.6. The minimum Gasteiger partial charge on any atom is -0.389 e. The number of hydrogen-bond acceptors (Lipinski definition) is 4. The van der Waals surface area contributed by atoms with E-state index in [1.165, 1.54) is 25.7 Å². The zero-order chi connectivity index (χ0) is 13.9. The number of hydrogen-bond donors (Lipinski definition) is 2. The fraction of sp³-hybridized carbons (Fsp3) is 1.00. The van der Waals surface area contributed by atoms with Gasteiger partial charge < -0.3 is 19.9 Å². The lowest BCUT2D eigenvalue weighted by molar-refractivity contribution is 0.0283. The molecule has 4 heteroatoms. The Kier molecular flexibility index (Phi) is 9.43. The molecule has 2 N–H and O–H groups in total. The summed E-state index contributed by atoms with van der Waals surface area (Å²) in [6, 6.07) is 0.393. The Balaban J connectivity index is 1.97. The van der Waals surface area contributed by atoms with Crippen LogP contribution in [0.15, 0.2) is 0 Å². The first kappa shape index (κ1) is 16.9. The molecule has 1 saturated carbocycles. The summed E-state index contributed by atoms with van der Waals surface area (Å²) in [7, 11) is 1.76. The molecule has 0 aliphatic heterocycles. The molecule has 1 rings (SSSR count). The minimum atomic E-state index is -0.413. The lowest BCUT2D eigenvalue weighted by Crippen LogP contribution is -2.42. The van der Waals surface area contributed by atoms with Crippen molar-refractivity contribution >= 4 is 0 Å². The third kappa shape index (κ3) is 7.25. The molecule has 0 spiro atoms. The van der Waals surface area contributed by atoms with E-state index in [1.54, 1.807) is 7.11 Å². The van der Waals surface area contributed by atoms with Crippen molar-refractivity contribution in [3.05, 3.63) is 0 Å². The first-order valence-corrected chi connectivity index (χ1v) is 7.80. The van der Waals surface area contributed by atoms with E-state index in [4.69, 9.17) is 9.47 Å². The maximum Gasteiger partial charge on any atom is 0.0897 e. The molecule has 0 aromatic carbocycles. The molecule has 0 amide bonds. The Labute approximate surface area is 117 Å². The van der Waals surface area contributed by atoms with Gasteiger partial charge in [0.1, 0.15) is 0 Å². The van der Waals surface area contributed by atoms with Gasteiger partial charge in [0, 0.05) is 26.3 Å². The van der Waals surface area contributed by atoms with Crippen LogP contribution in [-0.2, 0) is 9.47 Å². The molecular weight excluding hydrogens is 242 g/mol. The van der Waals surface area contributed by atoms with E-state index in [9.17, 15) is 5.11 Å².